The Morgan fingerprint density at radius 2 is 2.00 bits per heavy atom. The zero-order chi connectivity index (χ0) is 15.4. The van der Waals surface area contributed by atoms with Gasteiger partial charge in [-0.05, 0) is 42.5 Å². The van der Waals surface area contributed by atoms with Gasteiger partial charge in [-0.25, -0.2) is 4.79 Å². The first-order valence-corrected chi connectivity index (χ1v) is 8.69. The predicted molar refractivity (Wildman–Crippen MR) is 90.9 cm³/mol. The van der Waals surface area contributed by atoms with Crippen molar-refractivity contribution in [3.05, 3.63) is 52.2 Å². The van der Waals surface area contributed by atoms with Gasteiger partial charge in [0.25, 0.3) is 0 Å². The molecule has 22 heavy (non-hydrogen) atoms. The summed E-state index contributed by atoms with van der Waals surface area (Å²) in [6, 6.07) is 11.5. The van der Waals surface area contributed by atoms with E-state index in [4.69, 9.17) is 5.11 Å². The van der Waals surface area contributed by atoms with Crippen molar-refractivity contribution < 1.29 is 9.90 Å². The van der Waals surface area contributed by atoms with Crippen LogP contribution in [0.1, 0.15) is 47.3 Å². The molecule has 0 radical (unpaired) electrons. The van der Waals surface area contributed by atoms with Crippen LogP contribution in [0.5, 0.6) is 0 Å². The van der Waals surface area contributed by atoms with Crippen molar-refractivity contribution in [3.63, 3.8) is 0 Å². The zero-order valence-corrected chi connectivity index (χ0v) is 13.4. The Morgan fingerprint density at radius 1 is 1.18 bits per heavy atom. The molecule has 0 aliphatic heterocycles. The summed E-state index contributed by atoms with van der Waals surface area (Å²) >= 11 is 1.80. The maximum absolute atomic E-state index is 11.2. The summed E-state index contributed by atoms with van der Waals surface area (Å²) in [5.74, 6) is -0.875. The normalized spacial score (nSPS) is 17.1. The first-order chi connectivity index (χ1) is 10.7. The number of hydrogen-bond donors (Lipinski definition) is 2. The lowest BCUT2D eigenvalue weighted by atomic mass is 9.78. The van der Waals surface area contributed by atoms with E-state index in [1.54, 1.807) is 23.5 Å². The number of carbonyl (C=O) groups is 1. The van der Waals surface area contributed by atoms with Gasteiger partial charge in [-0.2, -0.15) is 0 Å². The molecule has 0 bridgehead atoms. The Morgan fingerprint density at radius 3 is 2.68 bits per heavy atom. The van der Waals surface area contributed by atoms with Crippen molar-refractivity contribution in [2.75, 3.05) is 5.32 Å². The van der Waals surface area contributed by atoms with Crippen molar-refractivity contribution >= 4 is 23.0 Å². The van der Waals surface area contributed by atoms with E-state index in [0.29, 0.717) is 5.56 Å². The van der Waals surface area contributed by atoms with Crippen LogP contribution in [0.3, 0.4) is 0 Å². The number of aromatic carboxylic acids is 1. The second-order valence-electron chi connectivity index (χ2n) is 6.11. The van der Waals surface area contributed by atoms with Crippen LogP contribution in [0.25, 0.3) is 0 Å². The fraction of sp³-hybridized carbons (Fsp3) is 0.389. The van der Waals surface area contributed by atoms with E-state index < -0.39 is 5.97 Å². The summed E-state index contributed by atoms with van der Waals surface area (Å²) in [6.07, 6.45) is 7.06. The second-order valence-corrected chi connectivity index (χ2v) is 7.14. The average molecular weight is 315 g/mol. The molecule has 2 N–H and O–H groups in total. The fourth-order valence-corrected chi connectivity index (χ4v) is 4.21. The minimum absolute atomic E-state index is 0.0558. The highest BCUT2D eigenvalue weighted by Gasteiger charge is 2.32. The monoisotopic (exact) mass is 315 g/mol. The molecule has 1 aromatic heterocycles. The third-order valence-electron chi connectivity index (χ3n) is 4.42. The van der Waals surface area contributed by atoms with Crippen LogP contribution in [-0.2, 0) is 6.42 Å². The summed E-state index contributed by atoms with van der Waals surface area (Å²) in [5, 5.41) is 15.0. The lowest BCUT2D eigenvalue weighted by Gasteiger charge is -2.39. The van der Waals surface area contributed by atoms with E-state index in [9.17, 15) is 4.79 Å². The summed E-state index contributed by atoms with van der Waals surface area (Å²) in [6.45, 7) is 0. The highest BCUT2D eigenvalue weighted by atomic mass is 32.1. The lowest BCUT2D eigenvalue weighted by molar-refractivity contribution is 0.0697. The third kappa shape index (κ3) is 3.50. The molecule has 0 amide bonds. The molecule has 3 rings (SSSR count). The molecule has 1 aliphatic rings. The van der Waals surface area contributed by atoms with Crippen LogP contribution in [-0.4, -0.2) is 16.6 Å². The second kappa shape index (κ2) is 6.53. The maximum Gasteiger partial charge on any atom is 0.335 e. The number of thiophene rings is 1. The SMILES string of the molecule is O=C(O)c1cccc(NC2(Cc3cccs3)CCCCC2)c1. The number of nitrogens with one attached hydrogen (secondary N) is 1. The fourth-order valence-electron chi connectivity index (χ4n) is 3.36. The Labute approximate surface area is 135 Å². The van der Waals surface area contributed by atoms with E-state index in [0.717, 1.165) is 24.9 Å². The van der Waals surface area contributed by atoms with Gasteiger partial charge in [0.2, 0.25) is 0 Å². The predicted octanol–water partition coefficient (Wildman–Crippen LogP) is 4.80. The molecule has 1 aromatic carbocycles. The Kier molecular flexibility index (Phi) is 4.48. The minimum Gasteiger partial charge on any atom is -0.478 e. The summed E-state index contributed by atoms with van der Waals surface area (Å²) in [5.41, 5.74) is 1.31. The van der Waals surface area contributed by atoms with Gasteiger partial charge in [-0.1, -0.05) is 31.4 Å². The molecule has 0 unspecified atom stereocenters. The quantitative estimate of drug-likeness (QED) is 0.833. The average Bonchev–Trinajstić information content (AvgIpc) is 3.01. The third-order valence-corrected chi connectivity index (χ3v) is 5.30. The van der Waals surface area contributed by atoms with Crippen molar-refractivity contribution in [1.29, 1.82) is 0 Å². The summed E-state index contributed by atoms with van der Waals surface area (Å²) in [4.78, 5) is 12.5. The van der Waals surface area contributed by atoms with Gasteiger partial charge in [-0.15, -0.1) is 11.3 Å². The summed E-state index contributed by atoms with van der Waals surface area (Å²) < 4.78 is 0. The Balaban J connectivity index is 1.83. The number of carboxylic acids is 1. The molecule has 1 saturated carbocycles. The summed E-state index contributed by atoms with van der Waals surface area (Å²) in [7, 11) is 0. The first kappa shape index (κ1) is 15.1. The first-order valence-electron chi connectivity index (χ1n) is 7.81. The molecule has 1 heterocycles. The van der Waals surface area contributed by atoms with Gasteiger partial charge < -0.3 is 10.4 Å². The maximum atomic E-state index is 11.2. The lowest BCUT2D eigenvalue weighted by Crippen LogP contribution is -2.42. The Hall–Kier alpha value is -1.81. The number of rotatable bonds is 5. The van der Waals surface area contributed by atoms with Crippen LogP contribution in [0, 0.1) is 0 Å². The van der Waals surface area contributed by atoms with Gasteiger partial charge in [-0.3, -0.25) is 0 Å². The van der Waals surface area contributed by atoms with Crippen molar-refractivity contribution in [2.45, 2.75) is 44.1 Å². The largest absolute Gasteiger partial charge is 0.478 e. The molecular weight excluding hydrogens is 294 g/mol. The highest BCUT2D eigenvalue weighted by molar-refractivity contribution is 7.09. The molecule has 0 atom stereocenters. The van der Waals surface area contributed by atoms with Gasteiger partial charge in [0.1, 0.15) is 0 Å². The van der Waals surface area contributed by atoms with Gasteiger partial charge in [0.05, 0.1) is 5.56 Å². The highest BCUT2D eigenvalue weighted by Crippen LogP contribution is 2.35. The number of hydrogen-bond acceptors (Lipinski definition) is 3. The van der Waals surface area contributed by atoms with Crippen LogP contribution in [0.2, 0.25) is 0 Å². The van der Waals surface area contributed by atoms with Crippen LogP contribution < -0.4 is 5.32 Å². The standard InChI is InChI=1S/C18H21NO2S/c20-17(21)14-6-4-7-15(12-14)19-18(9-2-1-3-10-18)13-16-8-5-11-22-16/h4-8,11-12,19H,1-3,9-10,13H2,(H,20,21). The molecule has 1 aliphatic carbocycles. The van der Waals surface area contributed by atoms with Crippen LogP contribution in [0.15, 0.2) is 41.8 Å². The molecule has 116 valence electrons. The van der Waals surface area contributed by atoms with Gasteiger partial charge in [0.15, 0.2) is 0 Å². The molecular formula is C18H21NO2S. The molecule has 0 spiro atoms. The van der Waals surface area contributed by atoms with Crippen LogP contribution >= 0.6 is 11.3 Å². The minimum atomic E-state index is -0.875. The van der Waals surface area contributed by atoms with E-state index in [1.165, 1.54) is 24.1 Å². The number of carboxylic acid groups (broad SMARTS) is 1. The molecule has 4 heteroatoms. The Bertz CT molecular complexity index is 630. The van der Waals surface area contributed by atoms with Crippen LogP contribution in [0.4, 0.5) is 5.69 Å². The van der Waals surface area contributed by atoms with Crippen molar-refractivity contribution in [1.82, 2.24) is 0 Å². The van der Waals surface area contributed by atoms with E-state index in [2.05, 4.69) is 22.8 Å². The number of anilines is 1. The zero-order valence-electron chi connectivity index (χ0n) is 12.5. The molecule has 0 saturated heterocycles. The van der Waals surface area contributed by atoms with Crippen molar-refractivity contribution in [3.8, 4) is 0 Å². The van der Waals surface area contributed by atoms with Gasteiger partial charge >= 0.3 is 5.97 Å². The molecule has 3 nitrogen and oxygen atoms in total. The molecule has 2 aromatic rings. The van der Waals surface area contributed by atoms with Gasteiger partial charge in [0, 0.05) is 22.5 Å². The van der Waals surface area contributed by atoms with Crippen molar-refractivity contribution in [2.24, 2.45) is 0 Å². The van der Waals surface area contributed by atoms with E-state index in [-0.39, 0.29) is 5.54 Å². The van der Waals surface area contributed by atoms with E-state index >= 15 is 0 Å². The number of benzene rings is 1. The van der Waals surface area contributed by atoms with E-state index in [1.807, 2.05) is 12.1 Å². The molecule has 1 fully saturated rings. The topological polar surface area (TPSA) is 49.3 Å². The smallest absolute Gasteiger partial charge is 0.335 e.